The molecule has 2 atom stereocenters. The Labute approximate surface area is 93.6 Å². The molecule has 0 unspecified atom stereocenters. The van der Waals surface area contributed by atoms with Crippen LogP contribution < -0.4 is 5.32 Å². The zero-order valence-corrected chi connectivity index (χ0v) is 8.96. The van der Waals surface area contributed by atoms with E-state index in [2.05, 4.69) is 5.32 Å². The molecular formula is C12H15F2NO. The molecule has 16 heavy (non-hydrogen) atoms. The Morgan fingerprint density at radius 1 is 1.38 bits per heavy atom. The van der Waals surface area contributed by atoms with Gasteiger partial charge in [0.25, 0.3) is 0 Å². The van der Waals surface area contributed by atoms with Crippen molar-refractivity contribution >= 4 is 0 Å². The standard InChI is InChI=1S/C12H15F2NO/c13-7-11(15-8-14)12-10-4-2-1-3-9(10)5-6-16-12/h1-4,11-12,15H,5-8H2/t11-,12-/m0/s1. The van der Waals surface area contributed by atoms with Gasteiger partial charge >= 0.3 is 0 Å². The van der Waals surface area contributed by atoms with Crippen LogP contribution in [-0.4, -0.2) is 26.1 Å². The van der Waals surface area contributed by atoms with Crippen LogP contribution in [0.2, 0.25) is 0 Å². The number of hydrogen-bond acceptors (Lipinski definition) is 2. The molecule has 2 rings (SSSR count). The van der Waals surface area contributed by atoms with Crippen molar-refractivity contribution in [3.63, 3.8) is 0 Å². The minimum atomic E-state index is -0.739. The molecule has 0 radical (unpaired) electrons. The number of hydrogen-bond donors (Lipinski definition) is 1. The number of nitrogens with one attached hydrogen (secondary N) is 1. The molecule has 0 fully saturated rings. The van der Waals surface area contributed by atoms with E-state index >= 15 is 0 Å². The van der Waals surface area contributed by atoms with Crippen LogP contribution in [0.3, 0.4) is 0 Å². The van der Waals surface area contributed by atoms with E-state index < -0.39 is 19.5 Å². The van der Waals surface area contributed by atoms with Crippen molar-refractivity contribution < 1.29 is 13.5 Å². The van der Waals surface area contributed by atoms with Gasteiger partial charge in [-0.15, -0.1) is 0 Å². The van der Waals surface area contributed by atoms with Crippen LogP contribution in [-0.2, 0) is 11.2 Å². The van der Waals surface area contributed by atoms with Crippen molar-refractivity contribution in [2.45, 2.75) is 18.6 Å². The van der Waals surface area contributed by atoms with Crippen molar-refractivity contribution in [1.29, 1.82) is 0 Å². The molecular weight excluding hydrogens is 212 g/mol. The van der Waals surface area contributed by atoms with E-state index in [0.29, 0.717) is 6.61 Å². The minimum Gasteiger partial charge on any atom is -0.371 e. The topological polar surface area (TPSA) is 21.3 Å². The first-order valence-electron chi connectivity index (χ1n) is 5.41. The number of rotatable bonds is 4. The zero-order chi connectivity index (χ0) is 11.4. The second kappa shape index (κ2) is 5.37. The van der Waals surface area contributed by atoms with E-state index in [1.54, 1.807) is 0 Å². The van der Waals surface area contributed by atoms with Crippen molar-refractivity contribution in [1.82, 2.24) is 5.32 Å². The van der Waals surface area contributed by atoms with Gasteiger partial charge in [0, 0.05) is 0 Å². The summed E-state index contributed by atoms with van der Waals surface area (Å²) in [5.41, 5.74) is 2.13. The highest BCUT2D eigenvalue weighted by atomic mass is 19.1. The lowest BCUT2D eigenvalue weighted by Crippen LogP contribution is -2.39. The second-order valence-electron chi connectivity index (χ2n) is 3.84. The maximum atomic E-state index is 12.8. The highest BCUT2D eigenvalue weighted by Gasteiger charge is 2.28. The molecule has 0 amide bonds. The zero-order valence-electron chi connectivity index (χ0n) is 8.96. The molecule has 0 saturated heterocycles. The summed E-state index contributed by atoms with van der Waals surface area (Å²) in [5.74, 6) is 0. The van der Waals surface area contributed by atoms with Crippen LogP contribution >= 0.6 is 0 Å². The molecule has 1 aliphatic heterocycles. The fourth-order valence-electron chi connectivity index (χ4n) is 2.10. The summed E-state index contributed by atoms with van der Waals surface area (Å²) in [6.07, 6.45) is 0.451. The lowest BCUT2D eigenvalue weighted by Gasteiger charge is -2.31. The molecule has 1 aliphatic rings. The quantitative estimate of drug-likeness (QED) is 0.796. The summed E-state index contributed by atoms with van der Waals surface area (Å²) in [5, 5.41) is 2.48. The van der Waals surface area contributed by atoms with Gasteiger partial charge in [-0.3, -0.25) is 5.32 Å². The largest absolute Gasteiger partial charge is 0.371 e. The Hall–Kier alpha value is -1.00. The summed E-state index contributed by atoms with van der Waals surface area (Å²) in [4.78, 5) is 0. The van der Waals surface area contributed by atoms with Gasteiger partial charge in [-0.05, 0) is 17.5 Å². The van der Waals surface area contributed by atoms with Crippen molar-refractivity contribution in [3.05, 3.63) is 35.4 Å². The molecule has 88 valence electrons. The van der Waals surface area contributed by atoms with Gasteiger partial charge in [0.05, 0.1) is 12.6 Å². The van der Waals surface area contributed by atoms with Crippen LogP contribution in [0.25, 0.3) is 0 Å². The first kappa shape index (κ1) is 11.5. The summed E-state index contributed by atoms with van der Waals surface area (Å²) in [6.45, 7) is -0.814. The van der Waals surface area contributed by atoms with Crippen molar-refractivity contribution in [2.75, 3.05) is 20.1 Å². The second-order valence-corrected chi connectivity index (χ2v) is 3.84. The minimum absolute atomic E-state index is 0.384. The first-order chi connectivity index (χ1) is 7.86. The van der Waals surface area contributed by atoms with Gasteiger partial charge in [0.2, 0.25) is 0 Å². The number of alkyl halides is 2. The molecule has 1 heterocycles. The van der Waals surface area contributed by atoms with Crippen LogP contribution in [0.4, 0.5) is 8.78 Å². The maximum Gasteiger partial charge on any atom is 0.140 e. The van der Waals surface area contributed by atoms with Crippen molar-refractivity contribution in [2.24, 2.45) is 0 Å². The molecule has 2 nitrogen and oxygen atoms in total. The Kier molecular flexibility index (Phi) is 3.85. The van der Waals surface area contributed by atoms with Gasteiger partial charge in [-0.25, -0.2) is 8.78 Å². The average Bonchev–Trinajstić information content (AvgIpc) is 2.35. The van der Waals surface area contributed by atoms with Crippen LogP contribution in [0.1, 0.15) is 17.2 Å². The van der Waals surface area contributed by atoms with Crippen LogP contribution in [0, 0.1) is 0 Å². The summed E-state index contributed by atoms with van der Waals surface area (Å²) in [6, 6.07) is 7.17. The molecule has 1 aromatic rings. The number of ether oxygens (including phenoxy) is 1. The molecule has 0 saturated carbocycles. The SMILES string of the molecule is FCN[C@@H](CF)[C@H]1OCCc2ccccc21. The Morgan fingerprint density at radius 3 is 2.94 bits per heavy atom. The van der Waals surface area contributed by atoms with E-state index in [4.69, 9.17) is 4.74 Å². The molecule has 0 aromatic heterocycles. The monoisotopic (exact) mass is 227 g/mol. The fraction of sp³-hybridized carbons (Fsp3) is 0.500. The smallest absolute Gasteiger partial charge is 0.140 e. The average molecular weight is 227 g/mol. The van der Waals surface area contributed by atoms with E-state index in [1.807, 2.05) is 24.3 Å². The molecule has 1 aromatic carbocycles. The molecule has 0 aliphatic carbocycles. The Bertz CT molecular complexity index is 346. The number of fused-ring (bicyclic) bond motifs is 1. The highest BCUT2D eigenvalue weighted by Crippen LogP contribution is 2.29. The lowest BCUT2D eigenvalue weighted by atomic mass is 9.94. The normalized spacial score (nSPS) is 21.5. The predicted molar refractivity (Wildman–Crippen MR) is 57.7 cm³/mol. The third-order valence-electron chi connectivity index (χ3n) is 2.90. The van der Waals surface area contributed by atoms with Gasteiger partial charge in [0.1, 0.15) is 19.6 Å². The van der Waals surface area contributed by atoms with Crippen molar-refractivity contribution in [3.8, 4) is 0 Å². The first-order valence-corrected chi connectivity index (χ1v) is 5.41. The van der Waals surface area contributed by atoms with E-state index in [0.717, 1.165) is 17.5 Å². The molecule has 1 N–H and O–H groups in total. The molecule has 4 heteroatoms. The van der Waals surface area contributed by atoms with E-state index in [1.165, 1.54) is 0 Å². The van der Waals surface area contributed by atoms with Gasteiger partial charge in [0.15, 0.2) is 0 Å². The van der Waals surface area contributed by atoms with Crippen LogP contribution in [0.15, 0.2) is 24.3 Å². The molecule has 0 bridgehead atoms. The Balaban J connectivity index is 2.23. The van der Waals surface area contributed by atoms with Gasteiger partial charge < -0.3 is 4.74 Å². The maximum absolute atomic E-state index is 12.8. The summed E-state index contributed by atoms with van der Waals surface area (Å²) >= 11 is 0. The lowest BCUT2D eigenvalue weighted by molar-refractivity contribution is 0.00657. The van der Waals surface area contributed by atoms with E-state index in [-0.39, 0.29) is 6.10 Å². The predicted octanol–water partition coefficient (Wildman–Crippen LogP) is 2.16. The number of benzene rings is 1. The van der Waals surface area contributed by atoms with Crippen LogP contribution in [0.5, 0.6) is 0 Å². The third-order valence-corrected chi connectivity index (χ3v) is 2.90. The summed E-state index contributed by atoms with van der Waals surface area (Å²) in [7, 11) is 0. The van der Waals surface area contributed by atoms with Gasteiger partial charge in [-0.1, -0.05) is 24.3 Å². The molecule has 0 spiro atoms. The summed E-state index contributed by atoms with van der Waals surface area (Å²) < 4.78 is 30.6. The number of halogens is 2. The highest BCUT2D eigenvalue weighted by molar-refractivity contribution is 5.31. The van der Waals surface area contributed by atoms with Gasteiger partial charge in [-0.2, -0.15) is 0 Å². The third kappa shape index (κ3) is 2.23. The van der Waals surface area contributed by atoms with E-state index in [9.17, 15) is 8.78 Å². The fourth-order valence-corrected chi connectivity index (χ4v) is 2.10. The Morgan fingerprint density at radius 2 is 2.19 bits per heavy atom.